The minimum atomic E-state index is -0.0793. The standard InChI is InChI=1S/C9H17NO2/c1-4-9(2)7(5-6-10-9)8(11)12-3/h7,10H,4-6H2,1-3H3. The van der Waals surface area contributed by atoms with Crippen LogP contribution < -0.4 is 5.32 Å². The lowest BCUT2D eigenvalue weighted by atomic mass is 9.85. The molecule has 0 bridgehead atoms. The summed E-state index contributed by atoms with van der Waals surface area (Å²) in [6.45, 7) is 5.10. The normalized spacial score (nSPS) is 35.1. The third-order valence-electron chi connectivity index (χ3n) is 2.95. The van der Waals surface area contributed by atoms with Crippen molar-refractivity contribution in [2.45, 2.75) is 32.2 Å². The lowest BCUT2D eigenvalue weighted by Gasteiger charge is -2.28. The van der Waals surface area contributed by atoms with Gasteiger partial charge in [0.05, 0.1) is 13.0 Å². The molecule has 1 aliphatic rings. The van der Waals surface area contributed by atoms with E-state index in [2.05, 4.69) is 19.2 Å². The van der Waals surface area contributed by atoms with Crippen molar-refractivity contribution >= 4 is 5.97 Å². The Morgan fingerprint density at radius 2 is 2.42 bits per heavy atom. The summed E-state index contributed by atoms with van der Waals surface area (Å²) in [6, 6.07) is 0. The van der Waals surface area contributed by atoms with Crippen molar-refractivity contribution in [1.82, 2.24) is 5.32 Å². The number of methoxy groups -OCH3 is 1. The zero-order valence-electron chi connectivity index (χ0n) is 8.02. The van der Waals surface area contributed by atoms with Crippen molar-refractivity contribution in [2.24, 2.45) is 5.92 Å². The SMILES string of the molecule is CCC1(C)NCCC1C(=O)OC. The molecule has 0 radical (unpaired) electrons. The fourth-order valence-corrected chi connectivity index (χ4v) is 1.84. The van der Waals surface area contributed by atoms with E-state index >= 15 is 0 Å². The van der Waals surface area contributed by atoms with E-state index in [1.807, 2.05) is 0 Å². The highest BCUT2D eigenvalue weighted by Crippen LogP contribution is 2.29. The average Bonchev–Trinajstić information content (AvgIpc) is 2.47. The minimum absolute atomic E-state index is 0.0347. The van der Waals surface area contributed by atoms with Crippen LogP contribution in [0.5, 0.6) is 0 Å². The summed E-state index contributed by atoms with van der Waals surface area (Å²) in [5, 5.41) is 3.35. The van der Waals surface area contributed by atoms with Crippen LogP contribution >= 0.6 is 0 Å². The van der Waals surface area contributed by atoms with Crippen LogP contribution in [0, 0.1) is 5.92 Å². The van der Waals surface area contributed by atoms with Gasteiger partial charge in [0, 0.05) is 5.54 Å². The molecule has 1 N–H and O–H groups in total. The number of esters is 1. The molecule has 70 valence electrons. The number of hydrogen-bond donors (Lipinski definition) is 1. The summed E-state index contributed by atoms with van der Waals surface area (Å²) in [6.07, 6.45) is 1.86. The maximum Gasteiger partial charge on any atom is 0.310 e. The fraction of sp³-hybridized carbons (Fsp3) is 0.889. The second-order valence-electron chi connectivity index (χ2n) is 3.56. The monoisotopic (exact) mass is 171 g/mol. The number of ether oxygens (including phenoxy) is 1. The second kappa shape index (κ2) is 3.44. The molecule has 1 rings (SSSR count). The fourth-order valence-electron chi connectivity index (χ4n) is 1.84. The highest BCUT2D eigenvalue weighted by Gasteiger charge is 2.42. The van der Waals surface area contributed by atoms with Crippen LogP contribution in [0.1, 0.15) is 26.7 Å². The Kier molecular flexibility index (Phi) is 2.73. The Bertz CT molecular complexity index is 181. The van der Waals surface area contributed by atoms with Crippen LogP contribution in [0.2, 0.25) is 0 Å². The third kappa shape index (κ3) is 1.46. The van der Waals surface area contributed by atoms with E-state index in [0.717, 1.165) is 19.4 Å². The molecule has 2 atom stereocenters. The largest absolute Gasteiger partial charge is 0.469 e. The van der Waals surface area contributed by atoms with Gasteiger partial charge in [-0.05, 0) is 26.3 Å². The average molecular weight is 171 g/mol. The number of hydrogen-bond acceptors (Lipinski definition) is 3. The molecule has 0 saturated carbocycles. The van der Waals surface area contributed by atoms with Crippen molar-refractivity contribution in [1.29, 1.82) is 0 Å². The molecule has 1 heterocycles. The van der Waals surface area contributed by atoms with Crippen molar-refractivity contribution in [3.8, 4) is 0 Å². The number of rotatable bonds is 2. The minimum Gasteiger partial charge on any atom is -0.469 e. The van der Waals surface area contributed by atoms with Crippen LogP contribution in [0.25, 0.3) is 0 Å². The van der Waals surface area contributed by atoms with E-state index in [1.165, 1.54) is 7.11 Å². The molecule has 1 aliphatic heterocycles. The van der Waals surface area contributed by atoms with Gasteiger partial charge in [0.25, 0.3) is 0 Å². The smallest absolute Gasteiger partial charge is 0.310 e. The lowest BCUT2D eigenvalue weighted by Crippen LogP contribution is -2.44. The summed E-state index contributed by atoms with van der Waals surface area (Å²) < 4.78 is 4.75. The molecule has 0 aromatic carbocycles. The summed E-state index contributed by atoms with van der Waals surface area (Å²) in [7, 11) is 1.46. The van der Waals surface area contributed by atoms with E-state index in [4.69, 9.17) is 4.74 Å². The zero-order valence-corrected chi connectivity index (χ0v) is 8.02. The van der Waals surface area contributed by atoms with E-state index in [1.54, 1.807) is 0 Å². The third-order valence-corrected chi connectivity index (χ3v) is 2.95. The highest BCUT2D eigenvalue weighted by molar-refractivity contribution is 5.74. The van der Waals surface area contributed by atoms with E-state index in [9.17, 15) is 4.79 Å². The Labute approximate surface area is 73.5 Å². The van der Waals surface area contributed by atoms with Gasteiger partial charge in [0.1, 0.15) is 0 Å². The molecule has 0 aromatic rings. The van der Waals surface area contributed by atoms with Gasteiger partial charge in [0.2, 0.25) is 0 Å². The lowest BCUT2D eigenvalue weighted by molar-refractivity contribution is -0.147. The predicted molar refractivity (Wildman–Crippen MR) is 46.8 cm³/mol. The molecule has 1 saturated heterocycles. The summed E-state index contributed by atoms with van der Waals surface area (Å²) in [4.78, 5) is 11.3. The molecule has 12 heavy (non-hydrogen) atoms. The topological polar surface area (TPSA) is 38.3 Å². The Morgan fingerprint density at radius 1 is 1.75 bits per heavy atom. The van der Waals surface area contributed by atoms with Gasteiger partial charge >= 0.3 is 5.97 Å². The van der Waals surface area contributed by atoms with Crippen molar-refractivity contribution < 1.29 is 9.53 Å². The van der Waals surface area contributed by atoms with Gasteiger partial charge in [-0.25, -0.2) is 0 Å². The summed E-state index contributed by atoms with van der Waals surface area (Å²) in [5.74, 6) is -0.0446. The molecular weight excluding hydrogens is 154 g/mol. The molecule has 3 nitrogen and oxygen atoms in total. The van der Waals surface area contributed by atoms with Crippen molar-refractivity contribution in [3.63, 3.8) is 0 Å². The molecule has 2 unspecified atom stereocenters. The van der Waals surface area contributed by atoms with Crippen LogP contribution in [-0.2, 0) is 9.53 Å². The first kappa shape index (κ1) is 9.52. The Morgan fingerprint density at radius 3 is 2.92 bits per heavy atom. The summed E-state index contributed by atoms with van der Waals surface area (Å²) in [5.41, 5.74) is -0.0485. The van der Waals surface area contributed by atoms with Crippen LogP contribution in [-0.4, -0.2) is 25.2 Å². The van der Waals surface area contributed by atoms with E-state index in [0.29, 0.717) is 0 Å². The Hall–Kier alpha value is -0.570. The van der Waals surface area contributed by atoms with Crippen LogP contribution in [0.15, 0.2) is 0 Å². The van der Waals surface area contributed by atoms with Gasteiger partial charge in [-0.1, -0.05) is 6.92 Å². The number of carbonyl (C=O) groups is 1. The number of nitrogens with one attached hydrogen (secondary N) is 1. The molecule has 0 aromatic heterocycles. The van der Waals surface area contributed by atoms with Gasteiger partial charge in [-0.15, -0.1) is 0 Å². The highest BCUT2D eigenvalue weighted by atomic mass is 16.5. The first-order valence-corrected chi connectivity index (χ1v) is 4.47. The molecule has 0 aliphatic carbocycles. The maximum absolute atomic E-state index is 11.3. The van der Waals surface area contributed by atoms with Crippen LogP contribution in [0.3, 0.4) is 0 Å². The zero-order chi connectivity index (χ0) is 9.19. The van der Waals surface area contributed by atoms with E-state index < -0.39 is 0 Å². The number of carbonyl (C=O) groups excluding carboxylic acids is 1. The van der Waals surface area contributed by atoms with Gasteiger partial charge in [-0.3, -0.25) is 4.79 Å². The Balaban J connectivity index is 2.69. The maximum atomic E-state index is 11.3. The van der Waals surface area contributed by atoms with Gasteiger partial charge in [-0.2, -0.15) is 0 Å². The first-order chi connectivity index (χ1) is 5.64. The molecule has 3 heteroatoms. The van der Waals surface area contributed by atoms with Gasteiger partial charge in [0.15, 0.2) is 0 Å². The molecule has 1 fully saturated rings. The quantitative estimate of drug-likeness (QED) is 0.628. The first-order valence-electron chi connectivity index (χ1n) is 4.47. The van der Waals surface area contributed by atoms with Crippen molar-refractivity contribution in [2.75, 3.05) is 13.7 Å². The van der Waals surface area contributed by atoms with E-state index in [-0.39, 0.29) is 17.4 Å². The van der Waals surface area contributed by atoms with Crippen molar-refractivity contribution in [3.05, 3.63) is 0 Å². The van der Waals surface area contributed by atoms with Crippen LogP contribution in [0.4, 0.5) is 0 Å². The predicted octanol–water partition coefficient (Wildman–Crippen LogP) is 0.938. The van der Waals surface area contributed by atoms with Gasteiger partial charge < -0.3 is 10.1 Å². The second-order valence-corrected chi connectivity index (χ2v) is 3.56. The molecular formula is C9H17NO2. The molecule has 0 amide bonds. The summed E-state index contributed by atoms with van der Waals surface area (Å²) >= 11 is 0. The molecule has 0 spiro atoms.